The molecule has 0 radical (unpaired) electrons. The van der Waals surface area contributed by atoms with Gasteiger partial charge in [-0.3, -0.25) is 10.1 Å². The molecule has 0 unspecified atom stereocenters. The quantitative estimate of drug-likeness (QED) is 0.518. The number of benzene rings is 1. The Balaban J connectivity index is 2.08. The van der Waals surface area contributed by atoms with Crippen molar-refractivity contribution in [2.45, 2.75) is 30.8 Å². The number of hydrogen-bond acceptors (Lipinski definition) is 7. The number of ether oxygens (including phenoxy) is 2. The van der Waals surface area contributed by atoms with Crippen LogP contribution in [0.2, 0.25) is 0 Å². The largest absolute Gasteiger partial charge is 0.462 e. The zero-order valence-electron chi connectivity index (χ0n) is 10.7. The van der Waals surface area contributed by atoms with Crippen LogP contribution in [-0.4, -0.2) is 57.6 Å². The average Bonchev–Trinajstić information content (AvgIpc) is 2.48. The summed E-state index contributed by atoms with van der Waals surface area (Å²) in [6.45, 7) is -0.620. The normalized spacial score (nSPS) is 32.7. The Morgan fingerprint density at radius 1 is 1.29 bits per heavy atom. The van der Waals surface area contributed by atoms with Crippen LogP contribution >= 0.6 is 0 Å². The second-order valence-electron chi connectivity index (χ2n) is 4.52. The summed E-state index contributed by atoms with van der Waals surface area (Å²) in [4.78, 5) is 9.91. The molecule has 1 heterocycles. The lowest BCUT2D eigenvalue weighted by atomic mass is 10.0. The number of rotatable bonds is 4. The van der Waals surface area contributed by atoms with E-state index in [9.17, 15) is 24.7 Å². The van der Waals surface area contributed by atoms with Crippen LogP contribution in [0.5, 0.6) is 5.75 Å². The highest BCUT2D eigenvalue weighted by Gasteiger charge is 2.46. The fourth-order valence-corrected chi connectivity index (χ4v) is 1.92. The van der Waals surface area contributed by atoms with E-state index in [4.69, 9.17) is 14.6 Å². The number of nitrogens with zero attached hydrogens (tertiary/aromatic N) is 1. The Morgan fingerprint density at radius 2 is 1.90 bits per heavy atom. The van der Waals surface area contributed by atoms with E-state index in [1.54, 1.807) is 0 Å². The number of non-ortho nitro benzene ring substituents is 1. The van der Waals surface area contributed by atoms with Crippen molar-refractivity contribution in [3.8, 4) is 5.75 Å². The van der Waals surface area contributed by atoms with Crippen LogP contribution in [0.1, 0.15) is 0 Å². The van der Waals surface area contributed by atoms with Crippen molar-refractivity contribution in [3.05, 3.63) is 34.4 Å². The number of hydrogen-bond donors (Lipinski definition) is 3. The van der Waals surface area contributed by atoms with Crippen LogP contribution in [0.4, 0.5) is 10.1 Å². The summed E-state index contributed by atoms with van der Waals surface area (Å²) in [6, 6.07) is 4.83. The van der Waals surface area contributed by atoms with Gasteiger partial charge in [0.15, 0.2) is 6.17 Å². The third kappa shape index (κ3) is 3.27. The van der Waals surface area contributed by atoms with Gasteiger partial charge in [0.2, 0.25) is 6.29 Å². The minimum Gasteiger partial charge on any atom is -0.462 e. The van der Waals surface area contributed by atoms with Gasteiger partial charge < -0.3 is 24.8 Å². The van der Waals surface area contributed by atoms with E-state index in [0.717, 1.165) is 0 Å². The van der Waals surface area contributed by atoms with E-state index in [-0.39, 0.29) is 11.4 Å². The minimum absolute atomic E-state index is 0.0912. The van der Waals surface area contributed by atoms with Crippen molar-refractivity contribution < 1.29 is 34.1 Å². The Labute approximate surface area is 118 Å². The van der Waals surface area contributed by atoms with Crippen LogP contribution in [0.3, 0.4) is 0 Å². The molecular weight excluding hydrogens is 289 g/mol. The van der Waals surface area contributed by atoms with Gasteiger partial charge in [-0.15, -0.1) is 0 Å². The van der Waals surface area contributed by atoms with Gasteiger partial charge in [0, 0.05) is 12.1 Å². The molecule has 0 bridgehead atoms. The van der Waals surface area contributed by atoms with Gasteiger partial charge in [-0.05, 0) is 12.1 Å². The van der Waals surface area contributed by atoms with Crippen molar-refractivity contribution >= 4 is 5.69 Å². The molecule has 0 aromatic heterocycles. The van der Waals surface area contributed by atoms with E-state index >= 15 is 0 Å². The molecule has 0 aliphatic carbocycles. The fourth-order valence-electron chi connectivity index (χ4n) is 1.92. The first-order valence-corrected chi connectivity index (χ1v) is 6.11. The van der Waals surface area contributed by atoms with E-state index in [2.05, 4.69) is 0 Å². The van der Waals surface area contributed by atoms with Crippen molar-refractivity contribution in [2.75, 3.05) is 6.61 Å². The van der Waals surface area contributed by atoms with Crippen LogP contribution in [0.25, 0.3) is 0 Å². The maximum absolute atomic E-state index is 13.8. The molecule has 1 aromatic rings. The van der Waals surface area contributed by atoms with E-state index in [1.165, 1.54) is 24.3 Å². The SMILES string of the molecule is O=[N+]([O-])c1ccc(O[C@@H]2O[C@H](CO)[C@@H](O)[C@H](O)[C@@H]2F)cc1. The summed E-state index contributed by atoms with van der Waals surface area (Å²) in [7, 11) is 0. The zero-order chi connectivity index (χ0) is 15.6. The first kappa shape index (κ1) is 15.6. The zero-order valence-corrected chi connectivity index (χ0v) is 10.7. The summed E-state index contributed by atoms with van der Waals surface area (Å²) in [5.74, 6) is 0.0912. The molecule has 0 spiro atoms. The number of alkyl halides is 1. The lowest BCUT2D eigenvalue weighted by Crippen LogP contribution is -2.58. The monoisotopic (exact) mass is 303 g/mol. The average molecular weight is 303 g/mol. The van der Waals surface area contributed by atoms with Crippen molar-refractivity contribution in [1.82, 2.24) is 0 Å². The maximum atomic E-state index is 13.8. The molecule has 1 saturated heterocycles. The van der Waals surface area contributed by atoms with Crippen molar-refractivity contribution in [2.24, 2.45) is 0 Å². The molecule has 9 heteroatoms. The summed E-state index contributed by atoms with van der Waals surface area (Å²) in [5, 5.41) is 38.5. The first-order chi connectivity index (χ1) is 9.93. The van der Waals surface area contributed by atoms with Gasteiger partial charge in [-0.2, -0.15) is 0 Å². The highest BCUT2D eigenvalue weighted by atomic mass is 19.1. The lowest BCUT2D eigenvalue weighted by Gasteiger charge is -2.38. The molecule has 116 valence electrons. The topological polar surface area (TPSA) is 122 Å². The van der Waals surface area contributed by atoms with E-state index in [0.29, 0.717) is 0 Å². The van der Waals surface area contributed by atoms with Gasteiger partial charge in [-0.1, -0.05) is 0 Å². The van der Waals surface area contributed by atoms with E-state index in [1.807, 2.05) is 0 Å². The van der Waals surface area contributed by atoms with Gasteiger partial charge in [0.25, 0.3) is 5.69 Å². The van der Waals surface area contributed by atoms with Crippen LogP contribution in [0, 0.1) is 10.1 Å². The molecule has 0 amide bonds. The predicted molar refractivity (Wildman–Crippen MR) is 66.4 cm³/mol. The number of nitro groups is 1. The molecule has 1 aliphatic rings. The molecule has 1 aromatic carbocycles. The third-order valence-corrected chi connectivity index (χ3v) is 3.11. The summed E-state index contributed by atoms with van der Waals surface area (Å²) in [6.07, 6.45) is -8.09. The highest BCUT2D eigenvalue weighted by Crippen LogP contribution is 2.27. The molecule has 21 heavy (non-hydrogen) atoms. The smallest absolute Gasteiger partial charge is 0.269 e. The predicted octanol–water partition coefficient (Wildman–Crippen LogP) is -0.249. The summed E-state index contributed by atoms with van der Waals surface area (Å²) >= 11 is 0. The summed E-state index contributed by atoms with van der Waals surface area (Å²) < 4.78 is 24.0. The second kappa shape index (κ2) is 6.31. The number of halogens is 1. The van der Waals surface area contributed by atoms with Gasteiger partial charge in [0.05, 0.1) is 11.5 Å². The molecular formula is C12H14FNO7. The van der Waals surface area contributed by atoms with Crippen LogP contribution in [-0.2, 0) is 4.74 Å². The maximum Gasteiger partial charge on any atom is 0.269 e. The summed E-state index contributed by atoms with van der Waals surface area (Å²) in [5.41, 5.74) is -0.160. The lowest BCUT2D eigenvalue weighted by molar-refractivity contribution is -0.384. The van der Waals surface area contributed by atoms with Gasteiger partial charge in [0.1, 0.15) is 24.1 Å². The first-order valence-electron chi connectivity index (χ1n) is 6.11. The van der Waals surface area contributed by atoms with Gasteiger partial charge in [-0.25, -0.2) is 4.39 Å². The number of aliphatic hydroxyl groups excluding tert-OH is 3. The third-order valence-electron chi connectivity index (χ3n) is 3.11. The second-order valence-corrected chi connectivity index (χ2v) is 4.52. The molecule has 8 nitrogen and oxygen atoms in total. The Hall–Kier alpha value is -1.81. The number of nitro benzene ring substituents is 1. The molecule has 2 rings (SSSR count). The molecule has 3 N–H and O–H groups in total. The standard InChI is InChI=1S/C12H14FNO7/c13-9-11(17)10(16)8(5-15)21-12(9)20-7-3-1-6(2-4-7)14(18)19/h1-4,8-12,15-17H,5H2/t8-,9+,10-,11-,12-/m1/s1. The van der Waals surface area contributed by atoms with Crippen molar-refractivity contribution in [1.29, 1.82) is 0 Å². The Kier molecular flexibility index (Phi) is 4.68. The highest BCUT2D eigenvalue weighted by molar-refractivity contribution is 5.36. The van der Waals surface area contributed by atoms with Crippen LogP contribution in [0.15, 0.2) is 24.3 Å². The van der Waals surface area contributed by atoms with Crippen molar-refractivity contribution in [3.63, 3.8) is 0 Å². The molecule has 1 fully saturated rings. The minimum atomic E-state index is -2.03. The van der Waals surface area contributed by atoms with Gasteiger partial charge >= 0.3 is 0 Å². The molecule has 5 atom stereocenters. The Morgan fingerprint density at radius 3 is 2.43 bits per heavy atom. The number of aliphatic hydroxyl groups is 3. The van der Waals surface area contributed by atoms with Crippen LogP contribution < -0.4 is 4.74 Å². The molecule has 0 saturated carbocycles. The fraction of sp³-hybridized carbons (Fsp3) is 0.500. The van der Waals surface area contributed by atoms with E-state index < -0.39 is 42.3 Å². The Bertz CT molecular complexity index is 495. The molecule has 1 aliphatic heterocycles.